The molecule has 0 aromatic carbocycles. The van der Waals surface area contributed by atoms with Gasteiger partial charge in [-0.3, -0.25) is 4.99 Å². The Kier molecular flexibility index (Phi) is 7.29. The largest absolute Gasteiger partial charge is 0.355 e. The molecular formula is C13H27IN4. The standard InChI is InChI=1S/C13H26N4.HI/c1-16(12-6-4-3-5-7-12)10-8-14-13-15-9-11-17(13)2;/h12H,3-11H2,1-2H3,(H,14,15);1H. The lowest BCUT2D eigenvalue weighted by atomic mass is 9.94. The van der Waals surface area contributed by atoms with Crippen LogP contribution in [0.2, 0.25) is 0 Å². The molecule has 106 valence electrons. The monoisotopic (exact) mass is 366 g/mol. The summed E-state index contributed by atoms with van der Waals surface area (Å²) < 4.78 is 0. The number of nitrogens with zero attached hydrogens (tertiary/aromatic N) is 3. The van der Waals surface area contributed by atoms with Crippen LogP contribution in [0.15, 0.2) is 4.99 Å². The molecular weight excluding hydrogens is 339 g/mol. The van der Waals surface area contributed by atoms with Crippen LogP contribution >= 0.6 is 24.0 Å². The molecule has 4 nitrogen and oxygen atoms in total. The summed E-state index contributed by atoms with van der Waals surface area (Å²) in [5.74, 6) is 1.07. The molecule has 0 aromatic rings. The molecule has 1 fully saturated rings. The van der Waals surface area contributed by atoms with Crippen molar-refractivity contribution < 1.29 is 0 Å². The van der Waals surface area contributed by atoms with Gasteiger partial charge in [0.15, 0.2) is 5.96 Å². The quantitative estimate of drug-likeness (QED) is 0.770. The van der Waals surface area contributed by atoms with E-state index in [2.05, 4.69) is 34.2 Å². The smallest absolute Gasteiger partial charge is 0.193 e. The lowest BCUT2D eigenvalue weighted by Gasteiger charge is -2.31. The number of guanidine groups is 1. The summed E-state index contributed by atoms with van der Waals surface area (Å²) in [4.78, 5) is 9.15. The predicted octanol–water partition coefficient (Wildman–Crippen LogP) is 1.76. The van der Waals surface area contributed by atoms with Crippen molar-refractivity contribution >= 4 is 29.9 Å². The van der Waals surface area contributed by atoms with Crippen LogP contribution in [0.4, 0.5) is 0 Å². The molecule has 0 spiro atoms. The van der Waals surface area contributed by atoms with Crippen molar-refractivity contribution in [3.05, 3.63) is 0 Å². The van der Waals surface area contributed by atoms with E-state index in [-0.39, 0.29) is 24.0 Å². The SMILES string of the molecule is CN1CCN=C1NCCN(C)C1CCCCC1.I. The third kappa shape index (κ3) is 4.57. The van der Waals surface area contributed by atoms with Gasteiger partial charge in [0.1, 0.15) is 0 Å². The Hall–Kier alpha value is -0.0400. The van der Waals surface area contributed by atoms with Crippen molar-refractivity contribution in [2.24, 2.45) is 4.99 Å². The summed E-state index contributed by atoms with van der Waals surface area (Å²) in [5, 5.41) is 3.44. The molecule has 1 N–H and O–H groups in total. The molecule has 2 aliphatic rings. The first-order valence-corrected chi connectivity index (χ1v) is 6.97. The average molecular weight is 366 g/mol. The minimum absolute atomic E-state index is 0. The topological polar surface area (TPSA) is 30.9 Å². The number of aliphatic imine (C=N–C) groups is 1. The molecule has 5 heteroatoms. The summed E-state index contributed by atoms with van der Waals surface area (Å²) in [6.07, 6.45) is 7.04. The number of likely N-dealkylation sites (N-methyl/N-ethyl adjacent to an activating group) is 2. The van der Waals surface area contributed by atoms with Gasteiger partial charge in [-0.1, -0.05) is 19.3 Å². The molecule has 1 heterocycles. The fourth-order valence-electron chi connectivity index (χ4n) is 2.77. The highest BCUT2D eigenvalue weighted by Crippen LogP contribution is 2.21. The van der Waals surface area contributed by atoms with E-state index in [4.69, 9.17) is 0 Å². The molecule has 0 radical (unpaired) electrons. The Morgan fingerprint density at radius 2 is 2.06 bits per heavy atom. The van der Waals surface area contributed by atoms with Crippen LogP contribution < -0.4 is 5.32 Å². The molecule has 0 amide bonds. The van der Waals surface area contributed by atoms with E-state index < -0.39 is 0 Å². The van der Waals surface area contributed by atoms with Crippen LogP contribution in [0.25, 0.3) is 0 Å². The maximum atomic E-state index is 4.44. The maximum Gasteiger partial charge on any atom is 0.193 e. The van der Waals surface area contributed by atoms with Gasteiger partial charge in [-0.15, -0.1) is 24.0 Å². The van der Waals surface area contributed by atoms with E-state index >= 15 is 0 Å². The zero-order chi connectivity index (χ0) is 12.1. The van der Waals surface area contributed by atoms with Crippen LogP contribution in [-0.2, 0) is 0 Å². The van der Waals surface area contributed by atoms with Gasteiger partial charge in [0.25, 0.3) is 0 Å². The second-order valence-electron chi connectivity index (χ2n) is 5.33. The van der Waals surface area contributed by atoms with Crippen molar-refractivity contribution in [2.75, 3.05) is 40.3 Å². The second-order valence-corrected chi connectivity index (χ2v) is 5.33. The van der Waals surface area contributed by atoms with Gasteiger partial charge in [-0.2, -0.15) is 0 Å². The molecule has 0 bridgehead atoms. The second kappa shape index (κ2) is 8.19. The Balaban J connectivity index is 0.00000162. The van der Waals surface area contributed by atoms with Gasteiger partial charge in [0.05, 0.1) is 6.54 Å². The molecule has 1 saturated carbocycles. The van der Waals surface area contributed by atoms with Crippen LogP contribution in [0.5, 0.6) is 0 Å². The molecule has 2 rings (SSSR count). The molecule has 0 unspecified atom stereocenters. The van der Waals surface area contributed by atoms with Gasteiger partial charge >= 0.3 is 0 Å². The summed E-state index contributed by atoms with van der Waals surface area (Å²) in [6.45, 7) is 4.13. The van der Waals surface area contributed by atoms with Crippen molar-refractivity contribution in [1.29, 1.82) is 0 Å². The minimum atomic E-state index is 0. The molecule has 0 saturated heterocycles. The van der Waals surface area contributed by atoms with Gasteiger partial charge in [-0.05, 0) is 19.9 Å². The lowest BCUT2D eigenvalue weighted by Crippen LogP contribution is -2.42. The molecule has 0 aromatic heterocycles. The zero-order valence-electron chi connectivity index (χ0n) is 11.7. The predicted molar refractivity (Wildman–Crippen MR) is 87.9 cm³/mol. The zero-order valence-corrected chi connectivity index (χ0v) is 14.0. The first kappa shape index (κ1) is 16.0. The lowest BCUT2D eigenvalue weighted by molar-refractivity contribution is 0.194. The Morgan fingerprint density at radius 3 is 2.67 bits per heavy atom. The van der Waals surface area contributed by atoms with Crippen LogP contribution in [0, 0.1) is 0 Å². The summed E-state index contributed by atoms with van der Waals surface area (Å²) in [7, 11) is 4.36. The first-order valence-electron chi connectivity index (χ1n) is 6.97. The summed E-state index contributed by atoms with van der Waals surface area (Å²) in [5.41, 5.74) is 0. The van der Waals surface area contributed by atoms with Crippen molar-refractivity contribution in [3.63, 3.8) is 0 Å². The normalized spacial score (nSPS) is 20.8. The van der Waals surface area contributed by atoms with Crippen LogP contribution in [0.1, 0.15) is 32.1 Å². The minimum Gasteiger partial charge on any atom is -0.355 e. The maximum absolute atomic E-state index is 4.44. The van der Waals surface area contributed by atoms with Crippen LogP contribution in [-0.4, -0.2) is 62.1 Å². The number of halogens is 1. The summed E-state index contributed by atoms with van der Waals surface area (Å²) >= 11 is 0. The number of nitrogens with one attached hydrogen (secondary N) is 1. The summed E-state index contributed by atoms with van der Waals surface area (Å²) in [6, 6.07) is 0.814. The first-order chi connectivity index (χ1) is 8.27. The van der Waals surface area contributed by atoms with Crippen molar-refractivity contribution in [1.82, 2.24) is 15.1 Å². The van der Waals surface area contributed by atoms with Gasteiger partial charge in [0.2, 0.25) is 0 Å². The third-order valence-corrected chi connectivity index (χ3v) is 4.00. The molecule has 1 aliphatic carbocycles. The van der Waals surface area contributed by atoms with E-state index in [0.29, 0.717) is 0 Å². The highest BCUT2D eigenvalue weighted by molar-refractivity contribution is 14.0. The van der Waals surface area contributed by atoms with Gasteiger partial charge in [0, 0.05) is 32.7 Å². The van der Waals surface area contributed by atoms with Gasteiger partial charge < -0.3 is 15.1 Å². The Morgan fingerprint density at radius 1 is 1.33 bits per heavy atom. The average Bonchev–Trinajstić information content (AvgIpc) is 2.76. The van der Waals surface area contributed by atoms with Crippen molar-refractivity contribution in [2.45, 2.75) is 38.1 Å². The molecule has 0 atom stereocenters. The van der Waals surface area contributed by atoms with E-state index in [1.165, 1.54) is 32.1 Å². The highest BCUT2D eigenvalue weighted by Gasteiger charge is 2.18. The number of hydrogen-bond donors (Lipinski definition) is 1. The van der Waals surface area contributed by atoms with Gasteiger partial charge in [-0.25, -0.2) is 0 Å². The third-order valence-electron chi connectivity index (χ3n) is 4.00. The number of hydrogen-bond acceptors (Lipinski definition) is 4. The van der Waals surface area contributed by atoms with Crippen molar-refractivity contribution in [3.8, 4) is 0 Å². The van der Waals surface area contributed by atoms with E-state index in [0.717, 1.165) is 38.2 Å². The highest BCUT2D eigenvalue weighted by atomic mass is 127. The Bertz CT molecular complexity index is 264. The Labute approximate surface area is 128 Å². The van der Waals surface area contributed by atoms with E-state index in [1.807, 2.05) is 0 Å². The molecule has 1 aliphatic heterocycles. The van der Waals surface area contributed by atoms with E-state index in [1.54, 1.807) is 0 Å². The fourth-order valence-corrected chi connectivity index (χ4v) is 2.77. The van der Waals surface area contributed by atoms with Crippen LogP contribution in [0.3, 0.4) is 0 Å². The fraction of sp³-hybridized carbons (Fsp3) is 0.923. The number of rotatable bonds is 4. The molecule has 18 heavy (non-hydrogen) atoms. The van der Waals surface area contributed by atoms with E-state index in [9.17, 15) is 0 Å².